The van der Waals surface area contributed by atoms with Gasteiger partial charge in [0.25, 0.3) is 0 Å². The number of rotatable bonds is 11. The van der Waals surface area contributed by atoms with Gasteiger partial charge >= 0.3 is 0 Å². The van der Waals surface area contributed by atoms with Crippen LogP contribution in [0.3, 0.4) is 0 Å². The minimum atomic E-state index is -0.703. The van der Waals surface area contributed by atoms with E-state index in [2.05, 4.69) is 458 Å². The number of thiophene rings is 1. The Morgan fingerprint density at radius 2 is 0.438 bits per heavy atom. The Bertz CT molecular complexity index is 10700. The van der Waals surface area contributed by atoms with Gasteiger partial charge in [-0.3, -0.25) is 0 Å². The topological polar surface area (TPSA) is 87.2 Å². The van der Waals surface area contributed by atoms with Crippen LogP contribution in [0, 0.1) is 0 Å². The van der Waals surface area contributed by atoms with Gasteiger partial charge in [0.05, 0.1) is 60.5 Å². The lowest BCUT2D eigenvalue weighted by Gasteiger charge is -2.40. The SMILES string of the molecule is c1ccc(-c2nc(-c3ccccc3)nc(-c3ccc4c5c(cccc35)C35c6cccc7c(-c8ccccc8)ccc(c67)C43c3ccc(-n4c6ccccc6c6c(-c7ccc(-c8ccc9c%10c(cccc8%10)C8%10c%11cccc%12c(-c%13nc(-c%14ccccc%14)nc(-c%14ccccc%14)n%13)ccc(c%11%12)C8%11c8cccc%12c(-n%13c%14ccccc%14c%14ccccc%14%13)ccc(c8%12)C9%10%11)c8sc9ccccc9c78)cccc64)c4cccc5c34)n2)cc1. The number of hydrogen-bond donors (Lipinski definition) is 0. The zero-order valence-corrected chi connectivity index (χ0v) is 79.2. The standard InChI is InChI=1S/C137H76N8S/c1-6-31-77(32-7-1)82-65-69-102-120-86(82)45-24-52-99(120)133-100-53-25-47-89-93(131-140-127(78-33-8-2-9-34-78)138-128(141-131)79-35-10-3-11-36-79)67-70-103(121(89)100)134(102,133)104-73-75-115(96-50-28-54-101(133)124(96)104)145-113-60-22-18-43-95(113)118-88(49-30-61-116(118)145)91-63-64-92(126-119(91)98-44-19-23-62-117(98)146-126)83-66-71-108-122-87(83)46-26-55-105(122)135-106-56-27-48-90-94(132-142-129(80-37-12-4-13-38-80)139-130(143-132)81-39-14-5-15-40-81)68-72-109(123(90)106)136(135)107-57-29-51-97-114(76-74-110(125(97)107)137(108,135)136)144-111-58-20-16-41-84(111)85-42-17-21-59-112(85)144/h1-76H. The number of hydrogen-bond acceptors (Lipinski definition) is 7. The molecule has 35 rings (SSSR count). The van der Waals surface area contributed by atoms with Crippen molar-refractivity contribution in [2.45, 2.75) is 27.1 Å². The second-order valence-corrected chi connectivity index (χ2v) is 41.9. The maximum absolute atomic E-state index is 5.47. The highest BCUT2D eigenvalue weighted by Gasteiger charge is 2.96. The highest BCUT2D eigenvalue weighted by molar-refractivity contribution is 7.26. The van der Waals surface area contributed by atoms with Crippen LogP contribution in [0.25, 0.3) is 242 Å². The number of nitrogens with zero attached hydrogens (tertiary/aromatic N) is 8. The Hall–Kier alpha value is -18.5. The predicted molar refractivity (Wildman–Crippen MR) is 597 cm³/mol. The summed E-state index contributed by atoms with van der Waals surface area (Å²) in [6.45, 7) is 0. The molecule has 0 radical (unpaired) electrons. The van der Waals surface area contributed by atoms with Gasteiger partial charge in [0.15, 0.2) is 34.9 Å². The van der Waals surface area contributed by atoms with Gasteiger partial charge in [-0.15, -0.1) is 11.3 Å². The summed E-state index contributed by atoms with van der Waals surface area (Å²) in [5.74, 6) is 3.85. The highest BCUT2D eigenvalue weighted by Crippen LogP contribution is 2.96. The van der Waals surface area contributed by atoms with Crippen LogP contribution in [0.5, 0.6) is 0 Å². The third-order valence-corrected chi connectivity index (χ3v) is 36.3. The zero-order chi connectivity index (χ0) is 94.7. The molecule has 5 aromatic heterocycles. The molecule has 5 unspecified atom stereocenters. The van der Waals surface area contributed by atoms with Gasteiger partial charge < -0.3 is 9.13 Å². The normalized spacial score (nSPS) is 18.3. The summed E-state index contributed by atoms with van der Waals surface area (Å²) in [4.78, 5) is 32.2. The first kappa shape index (κ1) is 78.2. The van der Waals surface area contributed by atoms with Crippen molar-refractivity contribution in [1.29, 1.82) is 0 Å². The Balaban J connectivity index is 0.556. The molecule has 7 aliphatic rings. The molecule has 8 nitrogen and oxygen atoms in total. The van der Waals surface area contributed by atoms with Gasteiger partial charge in [0.1, 0.15) is 0 Å². The van der Waals surface area contributed by atoms with E-state index in [1.54, 1.807) is 0 Å². The molecule has 1 fully saturated rings. The summed E-state index contributed by atoms with van der Waals surface area (Å²) in [6.07, 6.45) is 0. The molecule has 1 saturated carbocycles. The van der Waals surface area contributed by atoms with Gasteiger partial charge in [-0.05, 0) is 191 Å². The molecule has 5 atom stereocenters. The molecule has 28 aromatic rings. The van der Waals surface area contributed by atoms with Crippen LogP contribution in [0.4, 0.5) is 0 Å². The van der Waals surface area contributed by atoms with Crippen molar-refractivity contribution < 1.29 is 0 Å². The lowest BCUT2D eigenvalue weighted by atomic mass is 9.59. The Kier molecular flexibility index (Phi) is 14.8. The quantitative estimate of drug-likeness (QED) is 0.128. The van der Waals surface area contributed by atoms with E-state index in [4.69, 9.17) is 29.9 Å². The van der Waals surface area contributed by atoms with E-state index >= 15 is 0 Å². The average Bonchev–Trinajstić information content (AvgIpc) is 1.36. The molecular weight excluding hydrogens is 1790 g/mol. The van der Waals surface area contributed by atoms with E-state index in [9.17, 15) is 0 Å². The summed E-state index contributed by atoms with van der Waals surface area (Å²) >= 11 is 1.93. The fourth-order valence-corrected chi connectivity index (χ4v) is 31.6. The van der Waals surface area contributed by atoms with Crippen LogP contribution in [0.1, 0.15) is 66.8 Å². The number of fused-ring (bicyclic) bond motifs is 9. The van der Waals surface area contributed by atoms with E-state index in [1.165, 1.54) is 212 Å². The van der Waals surface area contributed by atoms with E-state index in [0.29, 0.717) is 34.9 Å². The molecule has 0 bridgehead atoms. The molecule has 0 amide bonds. The monoisotopic (exact) mass is 1860 g/mol. The maximum Gasteiger partial charge on any atom is 0.164 e. The van der Waals surface area contributed by atoms with Crippen molar-refractivity contribution >= 4 is 140 Å². The lowest BCUT2D eigenvalue weighted by molar-refractivity contribution is 0.492. The van der Waals surface area contributed by atoms with Crippen LogP contribution < -0.4 is 0 Å². The van der Waals surface area contributed by atoms with E-state index in [0.717, 1.165) is 60.9 Å². The molecule has 9 heteroatoms. The summed E-state index contributed by atoms with van der Waals surface area (Å²) in [7, 11) is 0. The molecule has 0 saturated heterocycles. The molecule has 670 valence electrons. The predicted octanol–water partition coefficient (Wildman–Crippen LogP) is 33.1. The third kappa shape index (κ3) is 9.01. The van der Waals surface area contributed by atoms with Crippen molar-refractivity contribution in [3.8, 4) is 113 Å². The van der Waals surface area contributed by atoms with Crippen molar-refractivity contribution in [3.63, 3.8) is 0 Å². The van der Waals surface area contributed by atoms with Gasteiger partial charge in [-0.2, -0.15) is 0 Å². The summed E-state index contributed by atoms with van der Waals surface area (Å²) in [5, 5.41) is 22.6. The molecule has 3 spiro atoms. The van der Waals surface area contributed by atoms with Crippen molar-refractivity contribution in [3.05, 3.63) is 528 Å². The number of aromatic nitrogens is 8. The minimum absolute atomic E-state index is 0.541. The van der Waals surface area contributed by atoms with Crippen molar-refractivity contribution in [2.75, 3.05) is 0 Å². The smallest absolute Gasteiger partial charge is 0.164 e. The van der Waals surface area contributed by atoms with Crippen molar-refractivity contribution in [1.82, 2.24) is 39.0 Å². The van der Waals surface area contributed by atoms with Gasteiger partial charge in [-0.25, -0.2) is 29.9 Å². The largest absolute Gasteiger partial charge is 0.309 e. The van der Waals surface area contributed by atoms with Gasteiger partial charge in [0.2, 0.25) is 0 Å². The first-order chi connectivity index (χ1) is 72.5. The second kappa shape index (κ2) is 27.6. The average molecular weight is 1870 g/mol. The van der Waals surface area contributed by atoms with E-state index < -0.39 is 27.1 Å². The van der Waals surface area contributed by atoms with Crippen molar-refractivity contribution in [2.24, 2.45) is 0 Å². The molecule has 146 heavy (non-hydrogen) atoms. The fraction of sp³-hybridized carbons (Fsp3) is 0.0365. The Labute approximate surface area is 840 Å². The van der Waals surface area contributed by atoms with Crippen LogP contribution in [-0.2, 0) is 27.1 Å². The number of benzene rings is 23. The zero-order valence-electron chi connectivity index (χ0n) is 78.4. The molecule has 0 N–H and O–H groups in total. The summed E-state index contributed by atoms with van der Waals surface area (Å²) < 4.78 is 7.67. The lowest BCUT2D eigenvalue weighted by Crippen LogP contribution is -2.42. The van der Waals surface area contributed by atoms with Crippen LogP contribution in [0.15, 0.2) is 461 Å². The first-order valence-corrected chi connectivity index (χ1v) is 51.4. The first-order valence-electron chi connectivity index (χ1n) is 50.6. The molecule has 7 aliphatic carbocycles. The maximum atomic E-state index is 5.47. The molecule has 0 aliphatic heterocycles. The van der Waals surface area contributed by atoms with E-state index in [-0.39, 0.29) is 0 Å². The van der Waals surface area contributed by atoms with Gasteiger partial charge in [0, 0.05) is 91.4 Å². The number of para-hydroxylation sites is 3. The molecular formula is C137H76N8S. The second-order valence-electron chi connectivity index (χ2n) is 40.9. The van der Waals surface area contributed by atoms with Crippen LogP contribution in [0.2, 0.25) is 0 Å². The summed E-state index contributed by atoms with van der Waals surface area (Å²) in [5.41, 5.74) is 33.2. The highest BCUT2D eigenvalue weighted by atomic mass is 32.1. The molecule has 23 aromatic carbocycles. The molecule has 5 heterocycles. The summed E-state index contributed by atoms with van der Waals surface area (Å²) in [6, 6.07) is 174. The fourth-order valence-electron chi connectivity index (χ4n) is 30.4. The minimum Gasteiger partial charge on any atom is -0.309 e. The van der Waals surface area contributed by atoms with E-state index in [1.807, 2.05) is 23.5 Å². The van der Waals surface area contributed by atoms with Gasteiger partial charge in [-0.1, -0.05) is 419 Å². The Morgan fingerprint density at radius 3 is 0.918 bits per heavy atom. The van der Waals surface area contributed by atoms with Crippen LogP contribution >= 0.6 is 11.3 Å². The Morgan fingerprint density at radius 1 is 0.158 bits per heavy atom. The third-order valence-electron chi connectivity index (χ3n) is 35.1. The van der Waals surface area contributed by atoms with Crippen LogP contribution in [-0.4, -0.2) is 39.0 Å².